The zero-order valence-corrected chi connectivity index (χ0v) is 10.7. The Morgan fingerprint density at radius 2 is 1.89 bits per heavy atom. The van der Waals surface area contributed by atoms with Crippen LogP contribution in [0.1, 0.15) is 30.0 Å². The Balaban J connectivity index is 2.21. The summed E-state index contributed by atoms with van der Waals surface area (Å²) in [6, 6.07) is 8.46. The third-order valence-corrected chi connectivity index (χ3v) is 2.70. The second-order valence-corrected chi connectivity index (χ2v) is 4.33. The highest BCUT2D eigenvalue weighted by Crippen LogP contribution is 2.20. The highest BCUT2D eigenvalue weighted by molar-refractivity contribution is 5.39. The van der Waals surface area contributed by atoms with Crippen molar-refractivity contribution in [2.75, 3.05) is 5.32 Å². The van der Waals surface area contributed by atoms with Crippen LogP contribution in [0.2, 0.25) is 0 Å². The van der Waals surface area contributed by atoms with Gasteiger partial charge in [0.1, 0.15) is 17.5 Å². The lowest BCUT2D eigenvalue weighted by Gasteiger charge is -2.16. The average Bonchev–Trinajstić information content (AvgIpc) is 2.27. The Labute approximate surface area is 106 Å². The molecule has 1 aromatic carbocycles. The van der Waals surface area contributed by atoms with Gasteiger partial charge in [0.25, 0.3) is 0 Å². The summed E-state index contributed by atoms with van der Waals surface area (Å²) in [6.45, 7) is 5.66. The number of aromatic nitrogens is 2. The van der Waals surface area contributed by atoms with Crippen LogP contribution in [0.25, 0.3) is 0 Å². The molecule has 0 radical (unpaired) electrons. The highest BCUT2D eigenvalue weighted by atomic mass is 19.1. The molecule has 0 aliphatic heterocycles. The lowest BCUT2D eigenvalue weighted by atomic mass is 10.1. The monoisotopic (exact) mass is 245 g/mol. The van der Waals surface area contributed by atoms with Crippen molar-refractivity contribution in [2.24, 2.45) is 0 Å². The van der Waals surface area contributed by atoms with Crippen LogP contribution >= 0.6 is 0 Å². The molecule has 0 saturated heterocycles. The van der Waals surface area contributed by atoms with Gasteiger partial charge in [-0.1, -0.05) is 18.2 Å². The molecule has 0 amide bonds. The summed E-state index contributed by atoms with van der Waals surface area (Å²) < 4.78 is 13.6. The summed E-state index contributed by atoms with van der Waals surface area (Å²) in [7, 11) is 0. The van der Waals surface area contributed by atoms with Crippen LogP contribution in [-0.2, 0) is 0 Å². The van der Waals surface area contributed by atoms with Crippen molar-refractivity contribution in [3.63, 3.8) is 0 Å². The minimum atomic E-state index is -0.208. The molecule has 0 aliphatic rings. The van der Waals surface area contributed by atoms with Gasteiger partial charge >= 0.3 is 0 Å². The van der Waals surface area contributed by atoms with Gasteiger partial charge in [0.15, 0.2) is 0 Å². The Morgan fingerprint density at radius 3 is 2.56 bits per heavy atom. The first kappa shape index (κ1) is 12.5. The van der Waals surface area contributed by atoms with E-state index in [9.17, 15) is 4.39 Å². The minimum absolute atomic E-state index is 0.139. The molecule has 1 unspecified atom stereocenters. The summed E-state index contributed by atoms with van der Waals surface area (Å²) in [5.41, 5.74) is 1.53. The maximum Gasteiger partial charge on any atom is 0.130 e. The van der Waals surface area contributed by atoms with Crippen molar-refractivity contribution >= 4 is 5.82 Å². The minimum Gasteiger partial charge on any atom is -0.363 e. The molecular formula is C14H16FN3. The van der Waals surface area contributed by atoms with E-state index >= 15 is 0 Å². The third-order valence-electron chi connectivity index (χ3n) is 2.70. The van der Waals surface area contributed by atoms with Crippen molar-refractivity contribution in [3.8, 4) is 0 Å². The second kappa shape index (κ2) is 5.12. The summed E-state index contributed by atoms with van der Waals surface area (Å²) >= 11 is 0. The van der Waals surface area contributed by atoms with Crippen LogP contribution < -0.4 is 5.32 Å². The SMILES string of the molecule is Cc1cc(NC(C)c2ccccc2F)nc(C)n1. The normalized spacial score (nSPS) is 12.2. The van der Waals surface area contributed by atoms with Crippen molar-refractivity contribution in [1.82, 2.24) is 9.97 Å². The predicted octanol–water partition coefficient (Wildman–Crippen LogP) is 3.41. The number of anilines is 1. The number of halogens is 1. The molecular weight excluding hydrogens is 229 g/mol. The van der Waals surface area contributed by atoms with E-state index in [1.54, 1.807) is 12.1 Å². The van der Waals surface area contributed by atoms with Crippen molar-refractivity contribution in [2.45, 2.75) is 26.8 Å². The molecule has 1 atom stereocenters. The van der Waals surface area contributed by atoms with Crippen LogP contribution in [-0.4, -0.2) is 9.97 Å². The van der Waals surface area contributed by atoms with Gasteiger partial charge in [-0.15, -0.1) is 0 Å². The number of aryl methyl sites for hydroxylation is 2. The molecule has 0 fully saturated rings. The van der Waals surface area contributed by atoms with E-state index in [1.165, 1.54) is 6.07 Å². The first-order valence-electron chi connectivity index (χ1n) is 5.89. The Kier molecular flexibility index (Phi) is 3.55. The Bertz CT molecular complexity index is 534. The smallest absolute Gasteiger partial charge is 0.130 e. The maximum absolute atomic E-state index is 13.6. The predicted molar refractivity (Wildman–Crippen MR) is 69.9 cm³/mol. The molecule has 0 bridgehead atoms. The molecule has 1 N–H and O–H groups in total. The average molecular weight is 245 g/mol. The van der Waals surface area contributed by atoms with E-state index < -0.39 is 0 Å². The summed E-state index contributed by atoms with van der Waals surface area (Å²) in [4.78, 5) is 8.49. The molecule has 2 aromatic rings. The molecule has 1 aromatic heterocycles. The van der Waals surface area contributed by atoms with E-state index in [-0.39, 0.29) is 11.9 Å². The van der Waals surface area contributed by atoms with Gasteiger partial charge in [0.2, 0.25) is 0 Å². The fourth-order valence-corrected chi connectivity index (χ4v) is 1.92. The Morgan fingerprint density at radius 1 is 1.17 bits per heavy atom. The van der Waals surface area contributed by atoms with E-state index in [0.717, 1.165) is 11.5 Å². The summed E-state index contributed by atoms with van der Waals surface area (Å²) in [5, 5.41) is 3.19. The van der Waals surface area contributed by atoms with Gasteiger partial charge in [-0.2, -0.15) is 0 Å². The number of hydrogen-bond donors (Lipinski definition) is 1. The largest absolute Gasteiger partial charge is 0.363 e. The highest BCUT2D eigenvalue weighted by Gasteiger charge is 2.10. The number of nitrogens with zero attached hydrogens (tertiary/aromatic N) is 2. The molecule has 4 heteroatoms. The van der Waals surface area contributed by atoms with E-state index in [2.05, 4.69) is 15.3 Å². The summed E-state index contributed by atoms with van der Waals surface area (Å²) in [6.07, 6.45) is 0. The van der Waals surface area contributed by atoms with E-state index in [4.69, 9.17) is 0 Å². The summed E-state index contributed by atoms with van der Waals surface area (Å²) in [5.74, 6) is 1.22. The zero-order chi connectivity index (χ0) is 13.1. The van der Waals surface area contributed by atoms with Gasteiger partial charge in [0.05, 0.1) is 6.04 Å². The van der Waals surface area contributed by atoms with Crippen LogP contribution in [0.15, 0.2) is 30.3 Å². The van der Waals surface area contributed by atoms with E-state index in [1.807, 2.05) is 32.9 Å². The van der Waals surface area contributed by atoms with Crippen molar-refractivity contribution in [3.05, 3.63) is 53.2 Å². The van der Waals surface area contributed by atoms with Gasteiger partial charge in [-0.05, 0) is 26.8 Å². The molecule has 0 saturated carbocycles. The van der Waals surface area contributed by atoms with Gasteiger partial charge < -0.3 is 5.32 Å². The fraction of sp³-hybridized carbons (Fsp3) is 0.286. The van der Waals surface area contributed by atoms with Crippen LogP contribution in [0.3, 0.4) is 0 Å². The quantitative estimate of drug-likeness (QED) is 0.900. The Hall–Kier alpha value is -1.97. The molecule has 1 heterocycles. The second-order valence-electron chi connectivity index (χ2n) is 4.33. The van der Waals surface area contributed by atoms with Crippen LogP contribution in [0.5, 0.6) is 0 Å². The van der Waals surface area contributed by atoms with Crippen molar-refractivity contribution in [1.29, 1.82) is 0 Å². The molecule has 3 nitrogen and oxygen atoms in total. The number of benzene rings is 1. The molecule has 18 heavy (non-hydrogen) atoms. The first-order chi connectivity index (χ1) is 8.56. The van der Waals surface area contributed by atoms with Gasteiger partial charge in [-0.25, -0.2) is 14.4 Å². The molecule has 94 valence electrons. The van der Waals surface area contributed by atoms with Crippen LogP contribution in [0, 0.1) is 19.7 Å². The lowest BCUT2D eigenvalue weighted by Crippen LogP contribution is -2.10. The molecule has 0 spiro atoms. The number of hydrogen-bond acceptors (Lipinski definition) is 3. The molecule has 2 rings (SSSR count). The van der Waals surface area contributed by atoms with E-state index in [0.29, 0.717) is 11.4 Å². The zero-order valence-electron chi connectivity index (χ0n) is 10.7. The first-order valence-corrected chi connectivity index (χ1v) is 5.89. The van der Waals surface area contributed by atoms with Gasteiger partial charge in [0, 0.05) is 17.3 Å². The third kappa shape index (κ3) is 2.83. The van der Waals surface area contributed by atoms with Crippen LogP contribution in [0.4, 0.5) is 10.2 Å². The number of nitrogens with one attached hydrogen (secondary N) is 1. The maximum atomic E-state index is 13.6. The number of rotatable bonds is 3. The fourth-order valence-electron chi connectivity index (χ4n) is 1.92. The van der Waals surface area contributed by atoms with Gasteiger partial charge in [-0.3, -0.25) is 0 Å². The standard InChI is InChI=1S/C14H16FN3/c1-9-8-14(18-11(3)16-9)17-10(2)12-6-4-5-7-13(12)15/h4-8,10H,1-3H3,(H,16,17,18). The molecule has 0 aliphatic carbocycles. The van der Waals surface area contributed by atoms with Crippen molar-refractivity contribution < 1.29 is 4.39 Å². The topological polar surface area (TPSA) is 37.8 Å². The lowest BCUT2D eigenvalue weighted by molar-refractivity contribution is 0.600.